The summed E-state index contributed by atoms with van der Waals surface area (Å²) in [6, 6.07) is 0. The van der Waals surface area contributed by atoms with Crippen LogP contribution in [0.5, 0.6) is 0 Å². The van der Waals surface area contributed by atoms with E-state index in [0.717, 1.165) is 13.0 Å². The number of hydrogen-bond acceptors (Lipinski definition) is 1. The van der Waals surface area contributed by atoms with Crippen LogP contribution in [0.4, 0.5) is 0 Å². The van der Waals surface area contributed by atoms with Gasteiger partial charge >= 0.3 is 0 Å². The second kappa shape index (κ2) is 4.03. The van der Waals surface area contributed by atoms with Crippen molar-refractivity contribution < 1.29 is 4.74 Å². The fourth-order valence-electron chi connectivity index (χ4n) is 2.56. The molecule has 2 rings (SSSR count). The highest BCUT2D eigenvalue weighted by Gasteiger charge is 2.41. The van der Waals surface area contributed by atoms with Gasteiger partial charge in [0, 0.05) is 11.3 Å². The first kappa shape index (κ1) is 10.8. The Morgan fingerprint density at radius 3 is 3.00 bits per heavy atom. The molecule has 1 heterocycles. The van der Waals surface area contributed by atoms with Gasteiger partial charge < -0.3 is 4.74 Å². The Morgan fingerprint density at radius 2 is 2.27 bits per heavy atom. The van der Waals surface area contributed by atoms with E-state index in [1.54, 1.807) is 0 Å². The van der Waals surface area contributed by atoms with Gasteiger partial charge in [0.15, 0.2) is 0 Å². The summed E-state index contributed by atoms with van der Waals surface area (Å²) in [5.74, 6) is 1.94. The van der Waals surface area contributed by atoms with Crippen LogP contribution in [-0.2, 0) is 4.74 Å². The molecule has 0 N–H and O–H groups in total. The van der Waals surface area contributed by atoms with Gasteiger partial charge in [-0.25, -0.2) is 0 Å². The molecule has 0 saturated carbocycles. The maximum absolute atomic E-state index is 5.91. The molecule has 0 amide bonds. The summed E-state index contributed by atoms with van der Waals surface area (Å²) in [5.41, 5.74) is 1.79. The van der Waals surface area contributed by atoms with E-state index in [2.05, 4.69) is 32.9 Å². The van der Waals surface area contributed by atoms with Crippen molar-refractivity contribution in [2.75, 3.05) is 6.61 Å². The van der Waals surface area contributed by atoms with Crippen molar-refractivity contribution in [3.05, 3.63) is 23.5 Å². The van der Waals surface area contributed by atoms with Gasteiger partial charge in [0.2, 0.25) is 0 Å². The third-order valence-corrected chi connectivity index (χ3v) is 3.67. The van der Waals surface area contributed by atoms with E-state index in [9.17, 15) is 0 Å². The third-order valence-electron chi connectivity index (χ3n) is 3.67. The smallest absolute Gasteiger partial charge is 0.103 e. The molecule has 1 fully saturated rings. The maximum Gasteiger partial charge on any atom is 0.103 e. The topological polar surface area (TPSA) is 9.23 Å². The SMILES string of the molecule is CCCCC1=C2OCC(C)(C)C2CC=C1. The van der Waals surface area contributed by atoms with Crippen molar-refractivity contribution >= 4 is 0 Å². The quantitative estimate of drug-likeness (QED) is 0.676. The fraction of sp³-hybridized carbons (Fsp3) is 0.714. The molecule has 1 nitrogen and oxygen atoms in total. The lowest BCUT2D eigenvalue weighted by Gasteiger charge is -2.25. The summed E-state index contributed by atoms with van der Waals surface area (Å²) in [4.78, 5) is 0. The summed E-state index contributed by atoms with van der Waals surface area (Å²) in [7, 11) is 0. The first-order chi connectivity index (χ1) is 7.15. The molecule has 0 spiro atoms. The molecule has 0 aromatic heterocycles. The van der Waals surface area contributed by atoms with Gasteiger partial charge in [-0.05, 0) is 24.8 Å². The minimum Gasteiger partial charge on any atom is -0.497 e. The van der Waals surface area contributed by atoms with E-state index in [-0.39, 0.29) is 0 Å². The molecule has 1 atom stereocenters. The highest BCUT2D eigenvalue weighted by Crippen LogP contribution is 2.46. The summed E-state index contributed by atoms with van der Waals surface area (Å²) in [6.07, 6.45) is 9.50. The van der Waals surface area contributed by atoms with Crippen molar-refractivity contribution in [2.45, 2.75) is 46.5 Å². The average Bonchev–Trinajstić information content (AvgIpc) is 2.53. The first-order valence-corrected chi connectivity index (χ1v) is 6.17. The van der Waals surface area contributed by atoms with Crippen LogP contribution in [-0.4, -0.2) is 6.61 Å². The van der Waals surface area contributed by atoms with Crippen LogP contribution in [0.2, 0.25) is 0 Å². The highest BCUT2D eigenvalue weighted by molar-refractivity contribution is 5.31. The van der Waals surface area contributed by atoms with Crippen molar-refractivity contribution in [2.24, 2.45) is 11.3 Å². The van der Waals surface area contributed by atoms with Gasteiger partial charge in [-0.1, -0.05) is 39.3 Å². The second-order valence-electron chi connectivity index (χ2n) is 5.46. The van der Waals surface area contributed by atoms with Crippen LogP contribution in [0.15, 0.2) is 23.5 Å². The average molecular weight is 206 g/mol. The molecule has 1 unspecified atom stereocenters. The van der Waals surface area contributed by atoms with Gasteiger partial charge in [0.1, 0.15) is 5.76 Å². The standard InChI is InChI=1S/C14H22O/c1-4-5-7-11-8-6-9-12-13(11)15-10-14(12,2)3/h6,8,12H,4-5,7,9-10H2,1-3H3. The van der Waals surface area contributed by atoms with E-state index in [0.29, 0.717) is 11.3 Å². The Hall–Kier alpha value is -0.720. The third kappa shape index (κ3) is 1.97. The molecule has 0 bridgehead atoms. The molecular formula is C14H22O. The number of fused-ring (bicyclic) bond motifs is 1. The number of unbranched alkanes of at least 4 members (excludes halogenated alkanes) is 1. The molecule has 1 heteroatoms. The van der Waals surface area contributed by atoms with Gasteiger partial charge in [-0.15, -0.1) is 0 Å². The Morgan fingerprint density at radius 1 is 1.47 bits per heavy atom. The predicted molar refractivity (Wildman–Crippen MR) is 63.5 cm³/mol. The van der Waals surface area contributed by atoms with Crippen molar-refractivity contribution in [1.29, 1.82) is 0 Å². The van der Waals surface area contributed by atoms with Gasteiger partial charge in [0.25, 0.3) is 0 Å². The van der Waals surface area contributed by atoms with E-state index < -0.39 is 0 Å². The van der Waals surface area contributed by atoms with E-state index in [1.165, 1.54) is 30.6 Å². The predicted octanol–water partition coefficient (Wildman–Crippen LogP) is 4.06. The van der Waals surface area contributed by atoms with Gasteiger partial charge in [0.05, 0.1) is 6.61 Å². The Balaban J connectivity index is 2.18. The molecule has 0 radical (unpaired) electrons. The van der Waals surface area contributed by atoms with E-state index in [4.69, 9.17) is 4.74 Å². The zero-order chi connectivity index (χ0) is 10.9. The largest absolute Gasteiger partial charge is 0.497 e. The van der Waals surface area contributed by atoms with Gasteiger partial charge in [-0.3, -0.25) is 0 Å². The molecule has 15 heavy (non-hydrogen) atoms. The van der Waals surface area contributed by atoms with Crippen LogP contribution < -0.4 is 0 Å². The molecule has 1 aliphatic heterocycles. The molecule has 1 saturated heterocycles. The number of allylic oxidation sites excluding steroid dienone is 4. The zero-order valence-electron chi connectivity index (χ0n) is 10.2. The molecule has 0 aromatic rings. The van der Waals surface area contributed by atoms with Crippen LogP contribution in [0.25, 0.3) is 0 Å². The normalized spacial score (nSPS) is 27.8. The van der Waals surface area contributed by atoms with E-state index in [1.807, 2.05) is 0 Å². The zero-order valence-corrected chi connectivity index (χ0v) is 10.2. The monoisotopic (exact) mass is 206 g/mol. The Kier molecular flexibility index (Phi) is 2.90. The number of ether oxygens (including phenoxy) is 1. The summed E-state index contributed by atoms with van der Waals surface area (Å²) in [6.45, 7) is 7.78. The maximum atomic E-state index is 5.91. The van der Waals surface area contributed by atoms with Crippen LogP contribution in [0.1, 0.15) is 46.5 Å². The highest BCUT2D eigenvalue weighted by atomic mass is 16.5. The lowest BCUT2D eigenvalue weighted by atomic mass is 9.75. The van der Waals surface area contributed by atoms with Crippen molar-refractivity contribution in [3.63, 3.8) is 0 Å². The van der Waals surface area contributed by atoms with Crippen molar-refractivity contribution in [1.82, 2.24) is 0 Å². The van der Waals surface area contributed by atoms with Crippen molar-refractivity contribution in [3.8, 4) is 0 Å². The second-order valence-corrected chi connectivity index (χ2v) is 5.46. The van der Waals surface area contributed by atoms with Crippen LogP contribution >= 0.6 is 0 Å². The van der Waals surface area contributed by atoms with Crippen LogP contribution in [0, 0.1) is 11.3 Å². The summed E-state index contributed by atoms with van der Waals surface area (Å²) in [5, 5.41) is 0. The summed E-state index contributed by atoms with van der Waals surface area (Å²) >= 11 is 0. The minimum atomic E-state index is 0.331. The fourth-order valence-corrected chi connectivity index (χ4v) is 2.56. The molecular weight excluding hydrogens is 184 g/mol. The molecule has 1 aliphatic carbocycles. The lowest BCUT2D eigenvalue weighted by molar-refractivity contribution is 0.199. The number of hydrogen-bond donors (Lipinski definition) is 0. The Labute approximate surface area is 93.2 Å². The lowest BCUT2D eigenvalue weighted by Crippen LogP contribution is -2.22. The Bertz CT molecular complexity index is 296. The first-order valence-electron chi connectivity index (χ1n) is 6.17. The van der Waals surface area contributed by atoms with E-state index >= 15 is 0 Å². The molecule has 0 aromatic carbocycles. The van der Waals surface area contributed by atoms with Crippen LogP contribution in [0.3, 0.4) is 0 Å². The molecule has 84 valence electrons. The minimum absolute atomic E-state index is 0.331. The van der Waals surface area contributed by atoms with Gasteiger partial charge in [-0.2, -0.15) is 0 Å². The number of rotatable bonds is 3. The molecule has 2 aliphatic rings. The summed E-state index contributed by atoms with van der Waals surface area (Å²) < 4.78 is 5.91.